The van der Waals surface area contributed by atoms with Gasteiger partial charge in [0, 0.05) is 9.75 Å². The fraction of sp³-hybridized carbons (Fsp3) is 0.571. The molecule has 98 valence electrons. The van der Waals surface area contributed by atoms with Crippen LogP contribution < -0.4 is 5.32 Å². The van der Waals surface area contributed by atoms with Crippen molar-refractivity contribution < 1.29 is 4.79 Å². The Labute approximate surface area is 113 Å². The number of thiophene rings is 1. The van der Waals surface area contributed by atoms with Crippen molar-refractivity contribution in [1.29, 1.82) is 5.26 Å². The highest BCUT2D eigenvalue weighted by atomic mass is 32.1. The standard InChI is InChI=1S/C14H20N2OS/c1-5-14(6-2,9-15)13(17)16-8-12-7-10(3)11(4)18-12/h7H,5-6,8H2,1-4H3,(H,16,17). The molecular formula is C14H20N2OS. The average molecular weight is 264 g/mol. The molecule has 0 aliphatic rings. The fourth-order valence-electron chi connectivity index (χ4n) is 1.85. The number of rotatable bonds is 5. The second-order valence-corrected chi connectivity index (χ2v) is 5.88. The van der Waals surface area contributed by atoms with Gasteiger partial charge in [0.1, 0.15) is 5.41 Å². The predicted octanol–water partition coefficient (Wildman–Crippen LogP) is 3.31. The molecule has 0 aromatic carbocycles. The number of nitrogens with one attached hydrogen (secondary N) is 1. The first-order valence-corrected chi connectivity index (χ1v) is 7.06. The quantitative estimate of drug-likeness (QED) is 0.887. The summed E-state index contributed by atoms with van der Waals surface area (Å²) in [5.41, 5.74) is 0.378. The van der Waals surface area contributed by atoms with Crippen LogP contribution in [-0.2, 0) is 11.3 Å². The van der Waals surface area contributed by atoms with Gasteiger partial charge in [0.25, 0.3) is 0 Å². The minimum Gasteiger partial charge on any atom is -0.350 e. The number of amides is 1. The molecule has 1 rings (SSSR count). The van der Waals surface area contributed by atoms with E-state index in [2.05, 4.69) is 31.3 Å². The van der Waals surface area contributed by atoms with Gasteiger partial charge < -0.3 is 5.32 Å². The third kappa shape index (κ3) is 2.91. The largest absolute Gasteiger partial charge is 0.350 e. The van der Waals surface area contributed by atoms with E-state index in [0.29, 0.717) is 19.4 Å². The van der Waals surface area contributed by atoms with Crippen LogP contribution in [0.25, 0.3) is 0 Å². The van der Waals surface area contributed by atoms with Crippen molar-refractivity contribution in [3.05, 3.63) is 21.4 Å². The summed E-state index contributed by atoms with van der Waals surface area (Å²) in [6, 6.07) is 4.25. The number of hydrogen-bond donors (Lipinski definition) is 1. The van der Waals surface area contributed by atoms with Gasteiger partial charge in [-0.2, -0.15) is 5.26 Å². The van der Waals surface area contributed by atoms with E-state index >= 15 is 0 Å². The highest BCUT2D eigenvalue weighted by Gasteiger charge is 2.34. The second kappa shape index (κ2) is 6.01. The Morgan fingerprint density at radius 3 is 2.44 bits per heavy atom. The van der Waals surface area contributed by atoms with Gasteiger partial charge in [-0.1, -0.05) is 13.8 Å². The molecule has 4 heteroatoms. The van der Waals surface area contributed by atoms with Crippen LogP contribution in [0.15, 0.2) is 6.07 Å². The van der Waals surface area contributed by atoms with Crippen LogP contribution in [-0.4, -0.2) is 5.91 Å². The van der Waals surface area contributed by atoms with Crippen molar-refractivity contribution >= 4 is 17.2 Å². The van der Waals surface area contributed by atoms with E-state index in [4.69, 9.17) is 0 Å². The van der Waals surface area contributed by atoms with Crippen LogP contribution >= 0.6 is 11.3 Å². The Kier molecular flexibility index (Phi) is 4.92. The molecule has 0 atom stereocenters. The molecule has 1 amide bonds. The van der Waals surface area contributed by atoms with Gasteiger partial charge in [-0.25, -0.2) is 0 Å². The van der Waals surface area contributed by atoms with Gasteiger partial charge >= 0.3 is 0 Å². The molecule has 0 spiro atoms. The lowest BCUT2D eigenvalue weighted by Crippen LogP contribution is -2.38. The molecule has 0 unspecified atom stereocenters. The first kappa shape index (κ1) is 14.7. The Hall–Kier alpha value is -1.34. The van der Waals surface area contributed by atoms with Crippen LogP contribution in [0.2, 0.25) is 0 Å². The molecule has 0 saturated carbocycles. The summed E-state index contributed by atoms with van der Waals surface area (Å²) in [7, 11) is 0. The summed E-state index contributed by atoms with van der Waals surface area (Å²) >= 11 is 1.69. The van der Waals surface area contributed by atoms with Crippen molar-refractivity contribution in [3.63, 3.8) is 0 Å². The lowest BCUT2D eigenvalue weighted by atomic mass is 9.83. The zero-order valence-corrected chi connectivity index (χ0v) is 12.3. The Balaban J connectivity index is 2.69. The predicted molar refractivity (Wildman–Crippen MR) is 74.3 cm³/mol. The first-order valence-electron chi connectivity index (χ1n) is 6.24. The zero-order valence-electron chi connectivity index (χ0n) is 11.5. The van der Waals surface area contributed by atoms with E-state index in [1.165, 1.54) is 10.4 Å². The highest BCUT2D eigenvalue weighted by Crippen LogP contribution is 2.26. The van der Waals surface area contributed by atoms with Gasteiger partial charge in [-0.05, 0) is 38.3 Å². The van der Waals surface area contributed by atoms with Gasteiger partial charge in [0.15, 0.2) is 0 Å². The van der Waals surface area contributed by atoms with Gasteiger partial charge in [0.2, 0.25) is 5.91 Å². The Morgan fingerprint density at radius 1 is 1.44 bits per heavy atom. The number of carbonyl (C=O) groups excluding carboxylic acids is 1. The molecule has 0 saturated heterocycles. The molecule has 3 nitrogen and oxygen atoms in total. The lowest BCUT2D eigenvalue weighted by Gasteiger charge is -2.21. The Morgan fingerprint density at radius 2 is 2.06 bits per heavy atom. The van der Waals surface area contributed by atoms with Crippen LogP contribution in [0.5, 0.6) is 0 Å². The third-order valence-electron chi connectivity index (χ3n) is 3.50. The number of nitrogens with zero attached hydrogens (tertiary/aromatic N) is 1. The van der Waals surface area contributed by atoms with Gasteiger partial charge in [0.05, 0.1) is 12.6 Å². The number of nitriles is 1. The van der Waals surface area contributed by atoms with E-state index in [9.17, 15) is 10.1 Å². The van der Waals surface area contributed by atoms with Crippen molar-refractivity contribution in [3.8, 4) is 6.07 Å². The first-order chi connectivity index (χ1) is 8.49. The molecule has 1 aromatic rings. The molecule has 1 heterocycles. The van der Waals surface area contributed by atoms with Gasteiger partial charge in [-0.3, -0.25) is 4.79 Å². The maximum Gasteiger partial charge on any atom is 0.240 e. The maximum absolute atomic E-state index is 12.1. The molecule has 0 aliphatic carbocycles. The molecule has 1 N–H and O–H groups in total. The van der Waals surface area contributed by atoms with Crippen molar-refractivity contribution in [1.82, 2.24) is 5.32 Å². The summed E-state index contributed by atoms with van der Waals surface area (Å²) in [5.74, 6) is -0.154. The summed E-state index contributed by atoms with van der Waals surface area (Å²) in [6.07, 6.45) is 1.10. The highest BCUT2D eigenvalue weighted by molar-refractivity contribution is 7.12. The van der Waals surface area contributed by atoms with E-state index in [0.717, 1.165) is 4.88 Å². The number of carbonyl (C=O) groups is 1. The summed E-state index contributed by atoms with van der Waals surface area (Å²) in [6.45, 7) is 8.41. The molecule has 0 aliphatic heterocycles. The monoisotopic (exact) mass is 264 g/mol. The molecular weight excluding hydrogens is 244 g/mol. The van der Waals surface area contributed by atoms with Crippen molar-refractivity contribution in [2.75, 3.05) is 0 Å². The van der Waals surface area contributed by atoms with E-state index < -0.39 is 5.41 Å². The van der Waals surface area contributed by atoms with Crippen molar-refractivity contribution in [2.45, 2.75) is 47.1 Å². The average Bonchev–Trinajstić information content (AvgIpc) is 2.69. The third-order valence-corrected chi connectivity index (χ3v) is 4.65. The maximum atomic E-state index is 12.1. The fourth-order valence-corrected chi connectivity index (χ4v) is 2.85. The minimum atomic E-state index is -0.874. The van der Waals surface area contributed by atoms with E-state index in [-0.39, 0.29) is 5.91 Å². The minimum absolute atomic E-state index is 0.154. The summed E-state index contributed by atoms with van der Waals surface area (Å²) < 4.78 is 0. The number of aryl methyl sites for hydroxylation is 2. The van der Waals surface area contributed by atoms with Crippen molar-refractivity contribution in [2.24, 2.45) is 5.41 Å². The van der Waals surface area contributed by atoms with Crippen LogP contribution in [0, 0.1) is 30.6 Å². The topological polar surface area (TPSA) is 52.9 Å². The van der Waals surface area contributed by atoms with Crippen LogP contribution in [0.3, 0.4) is 0 Å². The van der Waals surface area contributed by atoms with E-state index in [1.54, 1.807) is 11.3 Å². The Bertz CT molecular complexity index is 447. The van der Waals surface area contributed by atoms with Crippen LogP contribution in [0.1, 0.15) is 42.0 Å². The molecule has 18 heavy (non-hydrogen) atoms. The summed E-state index contributed by atoms with van der Waals surface area (Å²) in [5, 5.41) is 12.1. The summed E-state index contributed by atoms with van der Waals surface area (Å²) in [4.78, 5) is 14.5. The van der Waals surface area contributed by atoms with Gasteiger partial charge in [-0.15, -0.1) is 11.3 Å². The SMILES string of the molecule is CCC(C#N)(CC)C(=O)NCc1cc(C)c(C)s1. The molecule has 0 radical (unpaired) electrons. The smallest absolute Gasteiger partial charge is 0.240 e. The lowest BCUT2D eigenvalue weighted by molar-refractivity contribution is -0.128. The van der Waals surface area contributed by atoms with E-state index in [1.807, 2.05) is 13.8 Å². The molecule has 0 fully saturated rings. The number of hydrogen-bond acceptors (Lipinski definition) is 3. The molecule has 1 aromatic heterocycles. The zero-order chi connectivity index (χ0) is 13.8. The molecule has 0 bridgehead atoms. The normalized spacial score (nSPS) is 11.1. The van der Waals surface area contributed by atoms with Crippen LogP contribution in [0.4, 0.5) is 0 Å². The second-order valence-electron chi connectivity index (χ2n) is 4.54.